The van der Waals surface area contributed by atoms with Gasteiger partial charge in [-0.3, -0.25) is 0 Å². The second-order valence-electron chi connectivity index (χ2n) is 5.42. The number of hydrogen-bond donors (Lipinski definition) is 4. The van der Waals surface area contributed by atoms with Gasteiger partial charge >= 0.3 is 6.03 Å². The summed E-state index contributed by atoms with van der Waals surface area (Å²) in [6, 6.07) is 9.37. The number of oxime groups is 1. The van der Waals surface area contributed by atoms with Gasteiger partial charge in [-0.2, -0.15) is 0 Å². The van der Waals surface area contributed by atoms with Gasteiger partial charge in [-0.1, -0.05) is 54.8 Å². The van der Waals surface area contributed by atoms with Crippen LogP contribution in [0, 0.1) is 0 Å². The quantitative estimate of drug-likeness (QED) is 0.295. The number of nitrogens with zero attached hydrogens (tertiary/aromatic N) is 1. The first-order chi connectivity index (χ1) is 10.2. The Morgan fingerprint density at radius 2 is 1.90 bits per heavy atom. The summed E-state index contributed by atoms with van der Waals surface area (Å²) in [6.07, 6.45) is 4.40. The number of urea groups is 1. The minimum atomic E-state index is -0.728. The number of amidine groups is 1. The molecule has 21 heavy (non-hydrogen) atoms. The molecule has 0 aromatic heterocycles. The van der Waals surface area contributed by atoms with Crippen LogP contribution in [-0.2, 0) is 6.54 Å². The molecule has 0 aliphatic heterocycles. The fourth-order valence-electron chi connectivity index (χ4n) is 2.74. The van der Waals surface area contributed by atoms with Gasteiger partial charge in [0.1, 0.15) is 5.54 Å². The van der Waals surface area contributed by atoms with Crippen molar-refractivity contribution in [2.75, 3.05) is 0 Å². The van der Waals surface area contributed by atoms with E-state index in [4.69, 9.17) is 10.9 Å². The molecule has 114 valence electrons. The molecule has 1 aliphatic rings. The zero-order chi connectivity index (χ0) is 15.1. The fourth-order valence-corrected chi connectivity index (χ4v) is 2.74. The normalized spacial score (nSPS) is 18.0. The van der Waals surface area contributed by atoms with E-state index in [1.807, 2.05) is 30.3 Å². The van der Waals surface area contributed by atoms with E-state index < -0.39 is 5.54 Å². The second-order valence-corrected chi connectivity index (χ2v) is 5.42. The lowest BCUT2D eigenvalue weighted by atomic mass is 9.81. The number of carbonyl (C=O) groups excluding carboxylic acids is 1. The number of nitrogens with one attached hydrogen (secondary N) is 2. The summed E-state index contributed by atoms with van der Waals surface area (Å²) in [7, 11) is 0. The highest BCUT2D eigenvalue weighted by atomic mass is 16.4. The average Bonchev–Trinajstić information content (AvgIpc) is 2.54. The largest absolute Gasteiger partial charge is 0.409 e. The van der Waals surface area contributed by atoms with Gasteiger partial charge in [-0.15, -0.1) is 0 Å². The monoisotopic (exact) mass is 290 g/mol. The lowest BCUT2D eigenvalue weighted by Gasteiger charge is -2.36. The fraction of sp³-hybridized carbons (Fsp3) is 0.467. The van der Waals surface area contributed by atoms with Crippen LogP contribution in [0.4, 0.5) is 4.79 Å². The predicted octanol–water partition coefficient (Wildman–Crippen LogP) is 1.94. The maximum Gasteiger partial charge on any atom is 0.315 e. The van der Waals surface area contributed by atoms with Crippen LogP contribution in [0.2, 0.25) is 0 Å². The van der Waals surface area contributed by atoms with Crippen LogP contribution in [0.15, 0.2) is 35.5 Å². The molecule has 0 unspecified atom stereocenters. The number of amides is 2. The van der Waals surface area contributed by atoms with Crippen LogP contribution in [0.1, 0.15) is 37.7 Å². The van der Waals surface area contributed by atoms with Gasteiger partial charge in [-0.25, -0.2) is 4.79 Å². The summed E-state index contributed by atoms with van der Waals surface area (Å²) in [5.74, 6) is 0.0806. The molecule has 6 heteroatoms. The Labute approximate surface area is 124 Å². The van der Waals surface area contributed by atoms with Crippen molar-refractivity contribution in [3.05, 3.63) is 35.9 Å². The Hall–Kier alpha value is -2.24. The topological polar surface area (TPSA) is 99.7 Å². The van der Waals surface area contributed by atoms with Crippen LogP contribution in [0.5, 0.6) is 0 Å². The third-order valence-electron chi connectivity index (χ3n) is 3.95. The molecule has 0 saturated heterocycles. The minimum Gasteiger partial charge on any atom is -0.409 e. The van der Waals surface area contributed by atoms with Crippen molar-refractivity contribution >= 4 is 11.9 Å². The smallest absolute Gasteiger partial charge is 0.315 e. The van der Waals surface area contributed by atoms with Crippen LogP contribution < -0.4 is 16.4 Å². The average molecular weight is 290 g/mol. The van der Waals surface area contributed by atoms with Crippen LogP contribution in [-0.4, -0.2) is 22.6 Å². The van der Waals surface area contributed by atoms with Gasteiger partial charge in [0.25, 0.3) is 0 Å². The zero-order valence-electron chi connectivity index (χ0n) is 12.0. The molecule has 0 heterocycles. The third kappa shape index (κ3) is 3.87. The standard InChI is InChI=1S/C15H22N4O2/c16-13(19-21)15(9-5-2-6-10-15)18-14(20)17-11-12-7-3-1-4-8-12/h1,3-4,7-8,21H,2,5-6,9-11H2,(H2,16,19)(H2,17,18,20). The number of nitrogens with two attached hydrogens (primary N) is 1. The molecule has 2 rings (SSSR count). The SMILES string of the molecule is N/C(=N/O)C1(NC(=O)NCc2ccccc2)CCCCC1. The van der Waals surface area contributed by atoms with E-state index in [2.05, 4.69) is 15.8 Å². The maximum atomic E-state index is 12.1. The van der Waals surface area contributed by atoms with E-state index in [9.17, 15) is 4.79 Å². The maximum absolute atomic E-state index is 12.1. The van der Waals surface area contributed by atoms with E-state index in [0.29, 0.717) is 19.4 Å². The van der Waals surface area contributed by atoms with Gasteiger partial charge in [0.05, 0.1) is 0 Å². The summed E-state index contributed by atoms with van der Waals surface area (Å²) in [5.41, 5.74) is 6.09. The first-order valence-electron chi connectivity index (χ1n) is 7.24. The first-order valence-corrected chi connectivity index (χ1v) is 7.24. The molecule has 1 fully saturated rings. The molecule has 0 bridgehead atoms. The Bertz CT molecular complexity index is 496. The van der Waals surface area contributed by atoms with Crippen LogP contribution in [0.25, 0.3) is 0 Å². The van der Waals surface area contributed by atoms with Crippen molar-refractivity contribution in [2.24, 2.45) is 10.9 Å². The number of benzene rings is 1. The molecule has 6 nitrogen and oxygen atoms in total. The molecule has 1 aliphatic carbocycles. The first kappa shape index (κ1) is 15.2. The molecule has 0 atom stereocenters. The van der Waals surface area contributed by atoms with Gasteiger partial charge in [-0.05, 0) is 18.4 Å². The van der Waals surface area contributed by atoms with Crippen molar-refractivity contribution in [1.82, 2.24) is 10.6 Å². The van der Waals surface area contributed by atoms with Gasteiger partial charge in [0.2, 0.25) is 0 Å². The van der Waals surface area contributed by atoms with E-state index in [1.165, 1.54) is 0 Å². The summed E-state index contributed by atoms with van der Waals surface area (Å²) >= 11 is 0. The number of carbonyl (C=O) groups is 1. The van der Waals surface area contributed by atoms with Crippen molar-refractivity contribution in [3.63, 3.8) is 0 Å². The van der Waals surface area contributed by atoms with Crippen molar-refractivity contribution in [2.45, 2.75) is 44.2 Å². The molecule has 1 aromatic carbocycles. The van der Waals surface area contributed by atoms with E-state index >= 15 is 0 Å². The van der Waals surface area contributed by atoms with E-state index in [1.54, 1.807) is 0 Å². The highest BCUT2D eigenvalue weighted by molar-refractivity contribution is 5.93. The highest BCUT2D eigenvalue weighted by Crippen LogP contribution is 2.28. The Balaban J connectivity index is 1.95. The second kappa shape index (κ2) is 6.97. The minimum absolute atomic E-state index is 0.0806. The van der Waals surface area contributed by atoms with Crippen LogP contribution in [0.3, 0.4) is 0 Å². The molecular formula is C15H22N4O2. The summed E-state index contributed by atoms with van der Waals surface area (Å²) in [5, 5.41) is 17.8. The molecule has 0 spiro atoms. The summed E-state index contributed by atoms with van der Waals surface area (Å²) < 4.78 is 0. The molecular weight excluding hydrogens is 268 g/mol. The molecule has 0 radical (unpaired) electrons. The molecule has 1 saturated carbocycles. The summed E-state index contributed by atoms with van der Waals surface area (Å²) in [6.45, 7) is 0.443. The highest BCUT2D eigenvalue weighted by Gasteiger charge is 2.38. The molecule has 5 N–H and O–H groups in total. The van der Waals surface area contributed by atoms with Gasteiger partial charge < -0.3 is 21.6 Å². The van der Waals surface area contributed by atoms with Crippen LogP contribution >= 0.6 is 0 Å². The van der Waals surface area contributed by atoms with Gasteiger partial charge in [0, 0.05) is 6.54 Å². The van der Waals surface area contributed by atoms with Crippen molar-refractivity contribution in [1.29, 1.82) is 0 Å². The van der Waals surface area contributed by atoms with Gasteiger partial charge in [0.15, 0.2) is 5.84 Å². The van der Waals surface area contributed by atoms with E-state index in [0.717, 1.165) is 24.8 Å². The Morgan fingerprint density at radius 3 is 2.52 bits per heavy atom. The van der Waals surface area contributed by atoms with Crippen molar-refractivity contribution < 1.29 is 10.0 Å². The lowest BCUT2D eigenvalue weighted by Crippen LogP contribution is -2.60. The predicted molar refractivity (Wildman–Crippen MR) is 81.0 cm³/mol. The molecule has 1 aromatic rings. The third-order valence-corrected chi connectivity index (χ3v) is 3.95. The Morgan fingerprint density at radius 1 is 1.24 bits per heavy atom. The van der Waals surface area contributed by atoms with E-state index in [-0.39, 0.29) is 11.9 Å². The zero-order valence-corrected chi connectivity index (χ0v) is 12.0. The molecule has 2 amide bonds. The number of rotatable bonds is 4. The van der Waals surface area contributed by atoms with Crippen molar-refractivity contribution in [3.8, 4) is 0 Å². The summed E-state index contributed by atoms with van der Waals surface area (Å²) in [4.78, 5) is 12.1. The lowest BCUT2D eigenvalue weighted by molar-refractivity contribution is 0.221. The Kier molecular flexibility index (Phi) is 5.03. The number of hydrogen-bond acceptors (Lipinski definition) is 3.